The number of hydrogen-bond donors (Lipinski definition) is 1. The van der Waals surface area contributed by atoms with Crippen LogP contribution in [0.1, 0.15) is 31.2 Å². The Bertz CT molecular complexity index is 1200. The second-order valence-electron chi connectivity index (χ2n) is 8.69. The predicted octanol–water partition coefficient (Wildman–Crippen LogP) is 3.78. The summed E-state index contributed by atoms with van der Waals surface area (Å²) in [5.41, 5.74) is 0.927. The molecule has 1 N–H and O–H groups in total. The summed E-state index contributed by atoms with van der Waals surface area (Å²) in [5, 5.41) is 7.97. The zero-order valence-electron chi connectivity index (χ0n) is 19.1. The van der Waals surface area contributed by atoms with E-state index in [-0.39, 0.29) is 23.7 Å². The largest absolute Gasteiger partial charge is 0.383 e. The van der Waals surface area contributed by atoms with Crippen LogP contribution in [0.25, 0.3) is 11.4 Å². The first-order chi connectivity index (χ1) is 16.4. The molecule has 0 saturated heterocycles. The molecule has 0 bridgehead atoms. The van der Waals surface area contributed by atoms with E-state index in [1.54, 1.807) is 43.5 Å². The maximum atomic E-state index is 13.9. The molecular weight excluding hydrogens is 459 g/mol. The van der Waals surface area contributed by atoms with Crippen molar-refractivity contribution in [3.05, 3.63) is 75.4 Å². The van der Waals surface area contributed by atoms with E-state index in [9.17, 15) is 14.0 Å². The monoisotopic (exact) mass is 486 g/mol. The molecular formula is C25H28ClFN4O3. The van der Waals surface area contributed by atoms with E-state index in [4.69, 9.17) is 16.3 Å². The van der Waals surface area contributed by atoms with Crippen LogP contribution in [0, 0.1) is 5.82 Å². The zero-order chi connectivity index (χ0) is 24.1. The summed E-state index contributed by atoms with van der Waals surface area (Å²) in [6, 6.07) is 13.6. The third kappa shape index (κ3) is 5.23. The van der Waals surface area contributed by atoms with Crippen molar-refractivity contribution >= 4 is 17.5 Å². The predicted molar refractivity (Wildman–Crippen MR) is 128 cm³/mol. The molecule has 7 nitrogen and oxygen atoms in total. The number of nitrogens with one attached hydrogen (secondary N) is 1. The molecule has 34 heavy (non-hydrogen) atoms. The molecule has 1 aromatic heterocycles. The van der Waals surface area contributed by atoms with E-state index in [2.05, 4.69) is 10.4 Å². The van der Waals surface area contributed by atoms with Gasteiger partial charge in [-0.1, -0.05) is 36.6 Å². The van der Waals surface area contributed by atoms with E-state index in [1.165, 1.54) is 15.3 Å². The van der Waals surface area contributed by atoms with Gasteiger partial charge in [0.2, 0.25) is 5.91 Å². The average molecular weight is 487 g/mol. The molecule has 1 heterocycles. The molecule has 2 aromatic carbocycles. The molecule has 1 fully saturated rings. The van der Waals surface area contributed by atoms with Gasteiger partial charge in [0.15, 0.2) is 5.82 Å². The number of benzene rings is 2. The Morgan fingerprint density at radius 1 is 1.21 bits per heavy atom. The number of carbonyl (C=O) groups is 1. The van der Waals surface area contributed by atoms with Crippen molar-refractivity contribution in [3.8, 4) is 11.4 Å². The second-order valence-corrected chi connectivity index (χ2v) is 9.13. The van der Waals surface area contributed by atoms with Crippen molar-refractivity contribution in [1.82, 2.24) is 19.7 Å². The highest BCUT2D eigenvalue weighted by molar-refractivity contribution is 6.30. The molecule has 0 radical (unpaired) electrons. The first-order valence-corrected chi connectivity index (χ1v) is 11.7. The van der Waals surface area contributed by atoms with Gasteiger partial charge in [0.05, 0.1) is 13.2 Å². The van der Waals surface area contributed by atoms with Crippen LogP contribution < -0.4 is 11.0 Å². The van der Waals surface area contributed by atoms with Gasteiger partial charge in [-0.15, -0.1) is 5.10 Å². The number of rotatable bonds is 9. The van der Waals surface area contributed by atoms with Gasteiger partial charge in [-0.3, -0.25) is 9.36 Å². The fraction of sp³-hybridized carbons (Fsp3) is 0.400. The maximum Gasteiger partial charge on any atom is 0.346 e. The number of carbonyl (C=O) groups excluding carboxylic acids is 1. The second kappa shape index (κ2) is 10.5. The zero-order valence-corrected chi connectivity index (χ0v) is 19.9. The van der Waals surface area contributed by atoms with Crippen molar-refractivity contribution in [2.75, 3.05) is 20.3 Å². The third-order valence-corrected chi connectivity index (χ3v) is 6.71. The molecule has 1 aliphatic rings. The quantitative estimate of drug-likeness (QED) is 0.499. The van der Waals surface area contributed by atoms with Crippen LogP contribution in [-0.2, 0) is 28.0 Å². The summed E-state index contributed by atoms with van der Waals surface area (Å²) >= 11 is 5.99. The third-order valence-electron chi connectivity index (χ3n) is 6.46. The van der Waals surface area contributed by atoms with E-state index >= 15 is 0 Å². The van der Waals surface area contributed by atoms with Crippen LogP contribution >= 0.6 is 11.6 Å². The highest BCUT2D eigenvalue weighted by atomic mass is 35.5. The Morgan fingerprint density at radius 3 is 2.62 bits per heavy atom. The number of amides is 1. The van der Waals surface area contributed by atoms with Gasteiger partial charge in [-0.2, -0.15) is 0 Å². The van der Waals surface area contributed by atoms with Crippen LogP contribution in [0.15, 0.2) is 53.3 Å². The lowest BCUT2D eigenvalue weighted by Gasteiger charge is -2.30. The Balaban J connectivity index is 1.52. The molecule has 180 valence electrons. The fourth-order valence-corrected chi connectivity index (χ4v) is 4.76. The van der Waals surface area contributed by atoms with Crippen molar-refractivity contribution in [2.24, 2.45) is 0 Å². The number of methoxy groups -OCH3 is 1. The molecule has 1 amide bonds. The van der Waals surface area contributed by atoms with E-state index in [1.807, 2.05) is 6.07 Å². The lowest BCUT2D eigenvalue weighted by atomic mass is 9.78. The van der Waals surface area contributed by atoms with Crippen molar-refractivity contribution < 1.29 is 13.9 Å². The molecule has 1 saturated carbocycles. The van der Waals surface area contributed by atoms with Crippen LogP contribution in [0.2, 0.25) is 5.02 Å². The Labute approximate surface area is 202 Å². The molecule has 0 unspecified atom stereocenters. The summed E-state index contributed by atoms with van der Waals surface area (Å²) in [7, 11) is 1.56. The fourth-order valence-electron chi connectivity index (χ4n) is 4.64. The summed E-state index contributed by atoms with van der Waals surface area (Å²) in [4.78, 5) is 25.9. The van der Waals surface area contributed by atoms with Gasteiger partial charge in [0, 0.05) is 29.7 Å². The molecule has 4 rings (SSSR count). The molecule has 9 heteroatoms. The number of aromatic nitrogens is 3. The van der Waals surface area contributed by atoms with Gasteiger partial charge in [-0.25, -0.2) is 13.9 Å². The number of nitrogens with zero attached hydrogens (tertiary/aromatic N) is 3. The molecule has 1 aliphatic carbocycles. The van der Waals surface area contributed by atoms with E-state index in [0.29, 0.717) is 36.1 Å². The van der Waals surface area contributed by atoms with Crippen LogP contribution in [0.3, 0.4) is 0 Å². The van der Waals surface area contributed by atoms with Gasteiger partial charge in [0.1, 0.15) is 12.4 Å². The molecule has 0 spiro atoms. The lowest BCUT2D eigenvalue weighted by molar-refractivity contribution is -0.122. The normalized spacial score (nSPS) is 14.9. The van der Waals surface area contributed by atoms with E-state index in [0.717, 1.165) is 31.2 Å². The SMILES string of the molecule is COCCn1c(-c2ccc(Cl)cc2)nn(CC(=O)NCC2(c3cccc(F)c3)CCCC2)c1=O. The minimum atomic E-state index is -0.391. The number of hydrogen-bond acceptors (Lipinski definition) is 4. The number of ether oxygens (including phenoxy) is 1. The van der Waals surface area contributed by atoms with Gasteiger partial charge >= 0.3 is 5.69 Å². The smallest absolute Gasteiger partial charge is 0.346 e. The standard InChI is InChI=1S/C25H28ClFN4O3/c1-34-14-13-30-23(18-7-9-20(26)10-8-18)29-31(24(30)33)16-22(32)28-17-25(11-2-3-12-25)19-5-4-6-21(27)15-19/h4-10,15H,2-3,11-14,16-17H2,1H3,(H,28,32). The summed E-state index contributed by atoms with van der Waals surface area (Å²) < 4.78 is 21.7. The highest BCUT2D eigenvalue weighted by Crippen LogP contribution is 2.40. The van der Waals surface area contributed by atoms with Crippen LogP contribution in [0.4, 0.5) is 4.39 Å². The van der Waals surface area contributed by atoms with Crippen molar-refractivity contribution in [3.63, 3.8) is 0 Å². The minimum Gasteiger partial charge on any atom is -0.383 e. The lowest BCUT2D eigenvalue weighted by Crippen LogP contribution is -2.41. The average Bonchev–Trinajstić information content (AvgIpc) is 3.43. The first kappa shape index (κ1) is 24.2. The number of halogens is 2. The Hall–Kier alpha value is -2.97. The van der Waals surface area contributed by atoms with Crippen LogP contribution in [0.5, 0.6) is 0 Å². The highest BCUT2D eigenvalue weighted by Gasteiger charge is 2.36. The van der Waals surface area contributed by atoms with Gasteiger partial charge in [-0.05, 0) is 54.8 Å². The summed E-state index contributed by atoms with van der Waals surface area (Å²) in [6.45, 7) is 0.809. The van der Waals surface area contributed by atoms with Gasteiger partial charge in [0.25, 0.3) is 0 Å². The van der Waals surface area contributed by atoms with Crippen molar-refractivity contribution in [2.45, 2.75) is 44.2 Å². The topological polar surface area (TPSA) is 78.2 Å². The van der Waals surface area contributed by atoms with Gasteiger partial charge < -0.3 is 10.1 Å². The molecule has 3 aromatic rings. The van der Waals surface area contributed by atoms with Crippen LogP contribution in [-0.4, -0.2) is 40.5 Å². The Morgan fingerprint density at radius 2 is 1.94 bits per heavy atom. The van der Waals surface area contributed by atoms with E-state index < -0.39 is 5.69 Å². The minimum absolute atomic E-state index is 0.210. The molecule has 0 atom stereocenters. The Kier molecular flexibility index (Phi) is 7.48. The summed E-state index contributed by atoms with van der Waals surface area (Å²) in [5.74, 6) is -0.152. The maximum absolute atomic E-state index is 13.9. The summed E-state index contributed by atoms with van der Waals surface area (Å²) in [6.07, 6.45) is 3.81. The molecule has 0 aliphatic heterocycles. The van der Waals surface area contributed by atoms with Crippen molar-refractivity contribution in [1.29, 1.82) is 0 Å². The first-order valence-electron chi connectivity index (χ1n) is 11.4.